The number of hydrogen-bond donors (Lipinski definition) is 0. The first kappa shape index (κ1) is 17.8. The molecule has 1 aromatic carbocycles. The Bertz CT molecular complexity index is 738. The Hall–Kier alpha value is -2.05. The zero-order chi connectivity index (χ0) is 17.8. The van der Waals surface area contributed by atoms with Crippen molar-refractivity contribution in [2.24, 2.45) is 0 Å². The standard InChI is InChI=1S/C18H23ClN4O2/c1-3-23-17(16(19)12-20-23)18(24)22-9-7-21(8-10-22)13-14-5-4-6-15(11-14)25-2/h4-6,11-12H,3,7-10,13H2,1-2H3. The molecule has 0 spiro atoms. The van der Waals surface area contributed by atoms with Crippen LogP contribution in [0.1, 0.15) is 23.0 Å². The van der Waals surface area contributed by atoms with Gasteiger partial charge in [-0.2, -0.15) is 5.10 Å². The number of piperazine rings is 1. The van der Waals surface area contributed by atoms with Gasteiger partial charge in [-0.15, -0.1) is 0 Å². The molecule has 0 radical (unpaired) electrons. The SMILES string of the molecule is CCn1ncc(Cl)c1C(=O)N1CCN(Cc2cccc(OC)c2)CC1. The number of amides is 1. The molecule has 0 atom stereocenters. The molecule has 0 bridgehead atoms. The molecule has 0 aliphatic carbocycles. The number of hydrogen-bond acceptors (Lipinski definition) is 4. The van der Waals surface area contributed by atoms with Gasteiger partial charge in [-0.05, 0) is 24.6 Å². The highest BCUT2D eigenvalue weighted by Crippen LogP contribution is 2.19. The van der Waals surface area contributed by atoms with Crippen molar-refractivity contribution in [2.75, 3.05) is 33.3 Å². The van der Waals surface area contributed by atoms with E-state index in [0.717, 1.165) is 25.4 Å². The van der Waals surface area contributed by atoms with E-state index >= 15 is 0 Å². The summed E-state index contributed by atoms with van der Waals surface area (Å²) in [5.41, 5.74) is 1.71. The Morgan fingerprint density at radius 3 is 2.72 bits per heavy atom. The van der Waals surface area contributed by atoms with Crippen LogP contribution in [0.25, 0.3) is 0 Å². The highest BCUT2D eigenvalue weighted by Gasteiger charge is 2.26. The minimum absolute atomic E-state index is 0.0367. The maximum absolute atomic E-state index is 12.8. The Morgan fingerprint density at radius 2 is 2.04 bits per heavy atom. The summed E-state index contributed by atoms with van der Waals surface area (Å²) >= 11 is 6.15. The predicted molar refractivity (Wildman–Crippen MR) is 97.1 cm³/mol. The van der Waals surface area contributed by atoms with Crippen molar-refractivity contribution in [3.8, 4) is 5.75 Å². The third-order valence-electron chi connectivity index (χ3n) is 4.50. The van der Waals surface area contributed by atoms with Crippen LogP contribution in [-0.2, 0) is 13.1 Å². The fourth-order valence-electron chi connectivity index (χ4n) is 3.10. The van der Waals surface area contributed by atoms with E-state index in [2.05, 4.69) is 22.1 Å². The van der Waals surface area contributed by atoms with Gasteiger partial charge < -0.3 is 9.64 Å². The Kier molecular flexibility index (Phi) is 5.60. The van der Waals surface area contributed by atoms with E-state index in [1.165, 1.54) is 11.8 Å². The van der Waals surface area contributed by atoms with Gasteiger partial charge in [0.2, 0.25) is 0 Å². The first-order valence-corrected chi connectivity index (χ1v) is 8.86. The monoisotopic (exact) mass is 362 g/mol. The molecule has 134 valence electrons. The molecule has 25 heavy (non-hydrogen) atoms. The Balaban J connectivity index is 1.59. The molecule has 6 nitrogen and oxygen atoms in total. The number of halogens is 1. The molecule has 1 amide bonds. The summed E-state index contributed by atoms with van der Waals surface area (Å²) in [6.45, 7) is 6.48. The molecule has 2 heterocycles. The van der Waals surface area contributed by atoms with Crippen LogP contribution < -0.4 is 4.74 Å². The van der Waals surface area contributed by atoms with Crippen LogP contribution in [-0.4, -0.2) is 58.8 Å². The fraction of sp³-hybridized carbons (Fsp3) is 0.444. The first-order valence-electron chi connectivity index (χ1n) is 8.48. The van der Waals surface area contributed by atoms with Crippen LogP contribution in [0.5, 0.6) is 5.75 Å². The number of carbonyl (C=O) groups excluding carboxylic acids is 1. The topological polar surface area (TPSA) is 50.6 Å². The van der Waals surface area contributed by atoms with Gasteiger partial charge in [0.1, 0.15) is 11.4 Å². The number of rotatable bonds is 5. The minimum Gasteiger partial charge on any atom is -0.497 e. The lowest BCUT2D eigenvalue weighted by atomic mass is 10.2. The van der Waals surface area contributed by atoms with Crippen molar-refractivity contribution in [1.29, 1.82) is 0 Å². The molecule has 1 aromatic heterocycles. The fourth-order valence-corrected chi connectivity index (χ4v) is 3.32. The number of benzene rings is 1. The van der Waals surface area contributed by atoms with E-state index in [1.807, 2.05) is 24.0 Å². The summed E-state index contributed by atoms with van der Waals surface area (Å²) < 4.78 is 6.93. The molecule has 1 fully saturated rings. The summed E-state index contributed by atoms with van der Waals surface area (Å²) in [6, 6.07) is 8.10. The van der Waals surface area contributed by atoms with Crippen LogP contribution in [0.15, 0.2) is 30.5 Å². The summed E-state index contributed by atoms with van der Waals surface area (Å²) in [7, 11) is 1.68. The van der Waals surface area contributed by atoms with Crippen LogP contribution in [0.3, 0.4) is 0 Å². The van der Waals surface area contributed by atoms with Crippen LogP contribution in [0.4, 0.5) is 0 Å². The molecule has 1 saturated heterocycles. The van der Waals surface area contributed by atoms with Gasteiger partial charge >= 0.3 is 0 Å². The molecular formula is C18H23ClN4O2. The van der Waals surface area contributed by atoms with E-state index in [4.69, 9.17) is 16.3 Å². The smallest absolute Gasteiger partial charge is 0.273 e. The van der Waals surface area contributed by atoms with Gasteiger partial charge in [-0.1, -0.05) is 23.7 Å². The molecule has 0 N–H and O–H groups in total. The third-order valence-corrected chi connectivity index (χ3v) is 4.77. The summed E-state index contributed by atoms with van der Waals surface area (Å²) in [5, 5.41) is 4.57. The second-order valence-corrected chi connectivity index (χ2v) is 6.48. The van der Waals surface area contributed by atoms with Crippen molar-refractivity contribution in [3.05, 3.63) is 46.7 Å². The van der Waals surface area contributed by atoms with Gasteiger partial charge in [0.15, 0.2) is 0 Å². The van der Waals surface area contributed by atoms with Crippen molar-refractivity contribution in [3.63, 3.8) is 0 Å². The maximum atomic E-state index is 12.8. The quantitative estimate of drug-likeness (QED) is 0.820. The molecule has 3 rings (SSSR count). The van der Waals surface area contributed by atoms with Crippen LogP contribution >= 0.6 is 11.6 Å². The number of aryl methyl sites for hydroxylation is 1. The van der Waals surface area contributed by atoms with Gasteiger partial charge in [-0.3, -0.25) is 14.4 Å². The number of methoxy groups -OCH3 is 1. The predicted octanol–water partition coefficient (Wildman–Crippen LogP) is 2.52. The zero-order valence-corrected chi connectivity index (χ0v) is 15.4. The average molecular weight is 363 g/mol. The Labute approximate surface area is 152 Å². The lowest BCUT2D eigenvalue weighted by Crippen LogP contribution is -2.48. The molecule has 2 aromatic rings. The van der Waals surface area contributed by atoms with Gasteiger partial charge in [0.25, 0.3) is 5.91 Å². The van der Waals surface area contributed by atoms with E-state index in [0.29, 0.717) is 30.4 Å². The average Bonchev–Trinajstić information content (AvgIpc) is 3.02. The molecule has 1 aliphatic rings. The van der Waals surface area contributed by atoms with Crippen molar-refractivity contribution in [1.82, 2.24) is 19.6 Å². The molecule has 0 saturated carbocycles. The van der Waals surface area contributed by atoms with E-state index in [9.17, 15) is 4.79 Å². The van der Waals surface area contributed by atoms with Crippen LogP contribution in [0, 0.1) is 0 Å². The second-order valence-electron chi connectivity index (χ2n) is 6.08. The maximum Gasteiger partial charge on any atom is 0.273 e. The molecule has 1 aliphatic heterocycles. The normalized spacial score (nSPS) is 15.4. The summed E-state index contributed by atoms with van der Waals surface area (Å²) in [5.74, 6) is 0.833. The van der Waals surface area contributed by atoms with Crippen LogP contribution in [0.2, 0.25) is 5.02 Å². The lowest BCUT2D eigenvalue weighted by Gasteiger charge is -2.34. The highest BCUT2D eigenvalue weighted by molar-refractivity contribution is 6.33. The highest BCUT2D eigenvalue weighted by atomic mass is 35.5. The molecule has 0 unspecified atom stereocenters. The largest absolute Gasteiger partial charge is 0.497 e. The molecular weight excluding hydrogens is 340 g/mol. The Morgan fingerprint density at radius 1 is 1.28 bits per heavy atom. The minimum atomic E-state index is -0.0367. The lowest BCUT2D eigenvalue weighted by molar-refractivity contribution is 0.0616. The number of ether oxygens (including phenoxy) is 1. The van der Waals surface area contributed by atoms with Crippen molar-refractivity contribution in [2.45, 2.75) is 20.0 Å². The molecule has 7 heteroatoms. The third kappa shape index (κ3) is 3.96. The van der Waals surface area contributed by atoms with Crippen molar-refractivity contribution >= 4 is 17.5 Å². The number of nitrogens with zero attached hydrogens (tertiary/aromatic N) is 4. The van der Waals surface area contributed by atoms with E-state index < -0.39 is 0 Å². The second kappa shape index (κ2) is 7.89. The summed E-state index contributed by atoms with van der Waals surface area (Å²) in [6.07, 6.45) is 1.54. The summed E-state index contributed by atoms with van der Waals surface area (Å²) in [4.78, 5) is 17.0. The van der Waals surface area contributed by atoms with Crippen molar-refractivity contribution < 1.29 is 9.53 Å². The van der Waals surface area contributed by atoms with E-state index in [1.54, 1.807) is 11.8 Å². The van der Waals surface area contributed by atoms with Gasteiger partial charge in [0, 0.05) is 39.3 Å². The van der Waals surface area contributed by atoms with Gasteiger partial charge in [-0.25, -0.2) is 0 Å². The number of carbonyl (C=O) groups is 1. The zero-order valence-electron chi connectivity index (χ0n) is 14.6. The van der Waals surface area contributed by atoms with Gasteiger partial charge in [0.05, 0.1) is 18.3 Å². The first-order chi connectivity index (χ1) is 12.1. The van der Waals surface area contributed by atoms with E-state index in [-0.39, 0.29) is 5.91 Å². The number of aromatic nitrogens is 2.